The van der Waals surface area contributed by atoms with Crippen LogP contribution in [0.4, 0.5) is 11.4 Å². The maximum Gasteiger partial charge on any atom is 0.0639 e. The molecule has 0 saturated carbocycles. The fourth-order valence-electron chi connectivity index (χ4n) is 4.29. The molecule has 3 heteroatoms. The fraction of sp³-hybridized carbons (Fsp3) is 0.533. The summed E-state index contributed by atoms with van der Waals surface area (Å²) in [5, 5.41) is 0. The smallest absolute Gasteiger partial charge is 0.0639 e. The standard InChI is InChI=1S/C30H44N2.Pd/c1-7-9-11-12-13-14-16-30(32-28-21-25(5)18-26(6)22-28)29(15-10-8-2)31-27-19-23(3)17-24(4)20-27;/h17-22H,7-16H2,1-6H3;. The van der Waals surface area contributed by atoms with Crippen LogP contribution < -0.4 is 0 Å². The van der Waals surface area contributed by atoms with Crippen LogP contribution in [-0.4, -0.2) is 11.4 Å². The molecule has 0 bridgehead atoms. The zero-order chi connectivity index (χ0) is 23.3. The molecule has 2 aromatic rings. The van der Waals surface area contributed by atoms with Gasteiger partial charge in [0.1, 0.15) is 0 Å². The molecular formula is C30H44N2Pd. The summed E-state index contributed by atoms with van der Waals surface area (Å²) >= 11 is 0. The maximum atomic E-state index is 5.19. The monoisotopic (exact) mass is 538 g/mol. The van der Waals surface area contributed by atoms with E-state index in [9.17, 15) is 0 Å². The Morgan fingerprint density at radius 3 is 1.30 bits per heavy atom. The van der Waals surface area contributed by atoms with Gasteiger partial charge in [-0.3, -0.25) is 9.98 Å². The van der Waals surface area contributed by atoms with E-state index in [4.69, 9.17) is 9.98 Å². The average Bonchev–Trinajstić information content (AvgIpc) is 2.71. The summed E-state index contributed by atoms with van der Waals surface area (Å²) in [5.74, 6) is 0. The van der Waals surface area contributed by atoms with Crippen LogP contribution in [0, 0.1) is 27.7 Å². The third kappa shape index (κ3) is 11.4. The number of aliphatic imine (C=N–C) groups is 2. The van der Waals surface area contributed by atoms with Gasteiger partial charge in [0.2, 0.25) is 0 Å². The summed E-state index contributed by atoms with van der Waals surface area (Å²) in [4.78, 5) is 10.4. The van der Waals surface area contributed by atoms with Crippen LogP contribution in [0.1, 0.15) is 100 Å². The third-order valence-corrected chi connectivity index (χ3v) is 5.81. The molecule has 0 N–H and O–H groups in total. The van der Waals surface area contributed by atoms with Crippen molar-refractivity contribution in [1.82, 2.24) is 0 Å². The summed E-state index contributed by atoms with van der Waals surface area (Å²) in [6, 6.07) is 13.2. The van der Waals surface area contributed by atoms with Crippen molar-refractivity contribution in [3.05, 3.63) is 58.7 Å². The van der Waals surface area contributed by atoms with Gasteiger partial charge in [0.05, 0.1) is 22.8 Å². The minimum Gasteiger partial charge on any atom is -0.252 e. The molecule has 0 amide bonds. The molecule has 2 aromatic carbocycles. The molecule has 0 fully saturated rings. The normalized spacial score (nSPS) is 12.1. The third-order valence-electron chi connectivity index (χ3n) is 5.81. The van der Waals surface area contributed by atoms with Crippen LogP contribution in [0.3, 0.4) is 0 Å². The Labute approximate surface area is 217 Å². The van der Waals surface area contributed by atoms with Gasteiger partial charge in [-0.15, -0.1) is 0 Å². The van der Waals surface area contributed by atoms with Gasteiger partial charge in [-0.25, -0.2) is 0 Å². The Hall–Kier alpha value is -1.56. The van der Waals surface area contributed by atoms with Crippen molar-refractivity contribution in [1.29, 1.82) is 0 Å². The van der Waals surface area contributed by atoms with Crippen molar-refractivity contribution in [2.24, 2.45) is 9.98 Å². The topological polar surface area (TPSA) is 24.7 Å². The second-order valence-corrected chi connectivity index (χ2v) is 9.43. The Morgan fingerprint density at radius 1 is 0.515 bits per heavy atom. The Kier molecular flexibility index (Phi) is 14.4. The first-order valence-corrected chi connectivity index (χ1v) is 12.7. The van der Waals surface area contributed by atoms with Gasteiger partial charge in [-0.2, -0.15) is 0 Å². The second-order valence-electron chi connectivity index (χ2n) is 9.43. The first-order chi connectivity index (χ1) is 15.4. The first-order valence-electron chi connectivity index (χ1n) is 12.7. The average molecular weight is 539 g/mol. The zero-order valence-corrected chi connectivity index (χ0v) is 23.3. The number of unbranched alkanes of at least 4 members (excludes halogenated alkanes) is 6. The first kappa shape index (κ1) is 29.5. The summed E-state index contributed by atoms with van der Waals surface area (Å²) in [6.45, 7) is 13.1. The molecule has 2 nitrogen and oxygen atoms in total. The van der Waals surface area contributed by atoms with E-state index < -0.39 is 0 Å². The van der Waals surface area contributed by atoms with Gasteiger partial charge >= 0.3 is 0 Å². The molecule has 0 aliphatic rings. The molecule has 33 heavy (non-hydrogen) atoms. The molecule has 0 heterocycles. The number of hydrogen-bond donors (Lipinski definition) is 0. The molecule has 0 aromatic heterocycles. The van der Waals surface area contributed by atoms with Crippen molar-refractivity contribution >= 4 is 22.8 Å². The van der Waals surface area contributed by atoms with Crippen LogP contribution in [0.2, 0.25) is 0 Å². The largest absolute Gasteiger partial charge is 0.252 e. The second kappa shape index (κ2) is 16.1. The van der Waals surface area contributed by atoms with Gasteiger partial charge in [0, 0.05) is 20.4 Å². The Morgan fingerprint density at radius 2 is 0.879 bits per heavy atom. The number of rotatable bonds is 13. The van der Waals surface area contributed by atoms with Crippen molar-refractivity contribution in [3.63, 3.8) is 0 Å². The van der Waals surface area contributed by atoms with Crippen molar-refractivity contribution in [3.8, 4) is 0 Å². The van der Waals surface area contributed by atoms with E-state index >= 15 is 0 Å². The van der Waals surface area contributed by atoms with Gasteiger partial charge in [-0.05, 0) is 99.9 Å². The number of benzene rings is 2. The van der Waals surface area contributed by atoms with Crippen molar-refractivity contribution in [2.75, 3.05) is 0 Å². The van der Waals surface area contributed by atoms with Gasteiger partial charge < -0.3 is 0 Å². The van der Waals surface area contributed by atoms with E-state index in [-0.39, 0.29) is 20.4 Å². The van der Waals surface area contributed by atoms with Crippen LogP contribution in [-0.2, 0) is 20.4 Å². The molecule has 0 aliphatic heterocycles. The molecule has 0 atom stereocenters. The molecule has 2 rings (SSSR count). The number of nitrogens with zero attached hydrogens (tertiary/aromatic N) is 2. The minimum atomic E-state index is 0. The van der Waals surface area contributed by atoms with Gasteiger partial charge in [0.15, 0.2) is 0 Å². The van der Waals surface area contributed by atoms with E-state index in [0.29, 0.717) is 0 Å². The molecule has 0 radical (unpaired) electrons. The molecule has 184 valence electrons. The summed E-state index contributed by atoms with van der Waals surface area (Å²) in [7, 11) is 0. The van der Waals surface area contributed by atoms with Crippen molar-refractivity contribution in [2.45, 2.75) is 106 Å². The summed E-state index contributed by atoms with van der Waals surface area (Å²) in [6.07, 6.45) is 12.1. The summed E-state index contributed by atoms with van der Waals surface area (Å²) < 4.78 is 0. The maximum absolute atomic E-state index is 5.19. The zero-order valence-electron chi connectivity index (χ0n) is 21.7. The molecule has 0 unspecified atom stereocenters. The quantitative estimate of drug-likeness (QED) is 0.138. The van der Waals surface area contributed by atoms with Crippen LogP contribution in [0.25, 0.3) is 0 Å². The SMILES string of the molecule is CCCCCCCCC(=Nc1cc(C)cc(C)c1)C(CCCC)=Nc1cc(C)cc(C)c1.[Pd]. The number of aryl methyl sites for hydroxylation is 4. The van der Waals surface area contributed by atoms with Crippen LogP contribution >= 0.6 is 0 Å². The van der Waals surface area contributed by atoms with Gasteiger partial charge in [-0.1, -0.05) is 64.5 Å². The molecule has 0 spiro atoms. The minimum absolute atomic E-state index is 0. The van der Waals surface area contributed by atoms with Crippen LogP contribution in [0.5, 0.6) is 0 Å². The van der Waals surface area contributed by atoms with E-state index in [1.54, 1.807) is 0 Å². The predicted molar refractivity (Wildman–Crippen MR) is 144 cm³/mol. The van der Waals surface area contributed by atoms with E-state index in [1.165, 1.54) is 78.6 Å². The Balaban J connectivity index is 0.00000544. The van der Waals surface area contributed by atoms with Crippen LogP contribution in [0.15, 0.2) is 46.4 Å². The van der Waals surface area contributed by atoms with E-state index in [1.807, 2.05) is 0 Å². The predicted octanol–water partition coefficient (Wildman–Crippen LogP) is 9.70. The number of hydrogen-bond acceptors (Lipinski definition) is 2. The Bertz CT molecular complexity index is 871. The fourth-order valence-corrected chi connectivity index (χ4v) is 4.29. The van der Waals surface area contributed by atoms with Gasteiger partial charge in [0.25, 0.3) is 0 Å². The summed E-state index contributed by atoms with van der Waals surface area (Å²) in [5.41, 5.74) is 9.54. The van der Waals surface area contributed by atoms with E-state index in [2.05, 4.69) is 77.9 Å². The molecule has 0 saturated heterocycles. The van der Waals surface area contributed by atoms with Crippen molar-refractivity contribution < 1.29 is 20.4 Å². The van der Waals surface area contributed by atoms with E-state index in [0.717, 1.165) is 30.6 Å². The molecular weight excluding hydrogens is 495 g/mol. The molecule has 0 aliphatic carbocycles.